The Morgan fingerprint density at radius 1 is 1.24 bits per heavy atom. The lowest BCUT2D eigenvalue weighted by molar-refractivity contribution is -0.120. The molecule has 2 aromatic rings. The van der Waals surface area contributed by atoms with Gasteiger partial charge in [-0.25, -0.2) is 0 Å². The topological polar surface area (TPSA) is 67.2 Å². The number of nitrogens with zero attached hydrogens (tertiary/aromatic N) is 2. The second-order valence-corrected chi connectivity index (χ2v) is 6.97. The van der Waals surface area contributed by atoms with Gasteiger partial charge in [0.15, 0.2) is 0 Å². The minimum absolute atomic E-state index is 0.0319. The average Bonchev–Trinajstić information content (AvgIpc) is 2.82. The molecule has 1 amide bonds. The molecule has 2 rings (SSSR count). The van der Waals surface area contributed by atoms with Crippen LogP contribution in [0.1, 0.15) is 48.9 Å². The number of hydrogen-bond acceptors (Lipinski definition) is 3. The summed E-state index contributed by atoms with van der Waals surface area (Å²) in [6.07, 6.45) is 0.274. The van der Waals surface area contributed by atoms with E-state index in [-0.39, 0.29) is 5.91 Å². The lowest BCUT2D eigenvalue weighted by atomic mass is 10.1. The van der Waals surface area contributed by atoms with E-state index in [1.54, 1.807) is 0 Å². The van der Waals surface area contributed by atoms with Crippen LogP contribution in [-0.2, 0) is 17.8 Å². The molecule has 0 fully saturated rings. The Balaban J connectivity index is 1.85. The van der Waals surface area contributed by atoms with E-state index in [4.69, 9.17) is 0 Å². The molecule has 0 bridgehead atoms. The van der Waals surface area contributed by atoms with Crippen molar-refractivity contribution in [1.82, 2.24) is 15.1 Å². The predicted octanol–water partition coefficient (Wildman–Crippen LogP) is 2.94. The van der Waals surface area contributed by atoms with E-state index in [2.05, 4.69) is 24.3 Å². The molecule has 1 unspecified atom stereocenters. The molecule has 136 valence electrons. The molecule has 25 heavy (non-hydrogen) atoms. The van der Waals surface area contributed by atoms with Crippen molar-refractivity contribution in [3.05, 3.63) is 52.8 Å². The highest BCUT2D eigenvalue weighted by Crippen LogP contribution is 2.16. The molecular weight excluding hydrogens is 314 g/mol. The molecular formula is C20H29N3O2. The molecule has 0 spiro atoms. The summed E-state index contributed by atoms with van der Waals surface area (Å²) >= 11 is 0. The Bertz CT molecular complexity index is 692. The second-order valence-electron chi connectivity index (χ2n) is 6.97. The van der Waals surface area contributed by atoms with Crippen LogP contribution in [0, 0.1) is 19.8 Å². The van der Waals surface area contributed by atoms with Gasteiger partial charge in [0, 0.05) is 24.3 Å². The molecule has 0 aliphatic carbocycles. The monoisotopic (exact) mass is 343 g/mol. The Labute approximate surface area is 150 Å². The Hall–Kier alpha value is -2.14. The molecule has 1 heterocycles. The number of benzene rings is 1. The van der Waals surface area contributed by atoms with Gasteiger partial charge in [0.25, 0.3) is 0 Å². The maximum Gasteiger partial charge on any atom is 0.224 e. The van der Waals surface area contributed by atoms with E-state index in [9.17, 15) is 9.90 Å². The summed E-state index contributed by atoms with van der Waals surface area (Å²) < 4.78 is 1.99. The van der Waals surface area contributed by atoms with Gasteiger partial charge in [-0.1, -0.05) is 44.2 Å². The third kappa shape index (κ3) is 5.43. The van der Waals surface area contributed by atoms with Crippen molar-refractivity contribution in [3.63, 3.8) is 0 Å². The minimum Gasteiger partial charge on any atom is -0.388 e. The number of rotatable bonds is 8. The van der Waals surface area contributed by atoms with Gasteiger partial charge in [-0.3, -0.25) is 9.48 Å². The lowest BCUT2D eigenvalue weighted by Gasteiger charge is -2.12. The summed E-state index contributed by atoms with van der Waals surface area (Å²) in [6.45, 7) is 9.59. The second kappa shape index (κ2) is 8.81. The van der Waals surface area contributed by atoms with Crippen molar-refractivity contribution in [1.29, 1.82) is 0 Å². The predicted molar refractivity (Wildman–Crippen MR) is 99.3 cm³/mol. The number of aryl methyl sites for hydroxylation is 1. The molecule has 0 saturated heterocycles. The molecule has 5 heteroatoms. The number of hydrogen-bond donors (Lipinski definition) is 2. The summed E-state index contributed by atoms with van der Waals surface area (Å²) in [4.78, 5) is 12.2. The normalized spacial score (nSPS) is 12.4. The van der Waals surface area contributed by atoms with Crippen molar-refractivity contribution in [2.45, 2.75) is 53.2 Å². The van der Waals surface area contributed by atoms with Crippen LogP contribution < -0.4 is 5.32 Å². The summed E-state index contributed by atoms with van der Waals surface area (Å²) in [5.74, 6) is 0.481. The van der Waals surface area contributed by atoms with Gasteiger partial charge in [0.05, 0.1) is 18.2 Å². The first kappa shape index (κ1) is 19.2. The standard InChI is InChI=1S/C20H29N3O2/c1-14(2)13-23-16(4)18(15(3)22-23)12-20(25)21-11-10-19(24)17-8-6-5-7-9-17/h5-9,14,19,24H,10-13H2,1-4H3,(H,21,25). The average molecular weight is 343 g/mol. The Morgan fingerprint density at radius 3 is 2.56 bits per heavy atom. The zero-order valence-corrected chi connectivity index (χ0v) is 15.6. The molecule has 1 atom stereocenters. The quantitative estimate of drug-likeness (QED) is 0.774. The summed E-state index contributed by atoms with van der Waals surface area (Å²) in [7, 11) is 0. The highest BCUT2D eigenvalue weighted by atomic mass is 16.3. The van der Waals surface area contributed by atoms with Gasteiger partial charge in [0.1, 0.15) is 0 Å². The third-order valence-corrected chi connectivity index (χ3v) is 4.33. The van der Waals surface area contributed by atoms with Gasteiger partial charge in [0.2, 0.25) is 5.91 Å². The highest BCUT2D eigenvalue weighted by molar-refractivity contribution is 5.79. The zero-order chi connectivity index (χ0) is 18.4. The summed E-state index contributed by atoms with van der Waals surface area (Å²) in [5.41, 5.74) is 3.85. The number of carbonyl (C=O) groups is 1. The fraction of sp³-hybridized carbons (Fsp3) is 0.500. The van der Waals surface area contributed by atoms with Gasteiger partial charge >= 0.3 is 0 Å². The number of aromatic nitrogens is 2. The number of carbonyl (C=O) groups excluding carboxylic acids is 1. The Morgan fingerprint density at radius 2 is 1.92 bits per heavy atom. The van der Waals surface area contributed by atoms with Crippen LogP contribution >= 0.6 is 0 Å². The van der Waals surface area contributed by atoms with Crippen molar-refractivity contribution in [3.8, 4) is 0 Å². The van der Waals surface area contributed by atoms with Crippen LogP contribution in [0.25, 0.3) is 0 Å². The van der Waals surface area contributed by atoms with Crippen LogP contribution in [0.3, 0.4) is 0 Å². The van der Waals surface area contributed by atoms with Gasteiger partial charge in [-0.05, 0) is 31.7 Å². The summed E-state index contributed by atoms with van der Waals surface area (Å²) in [5, 5.41) is 17.6. The van der Waals surface area contributed by atoms with Crippen LogP contribution in [0.2, 0.25) is 0 Å². The van der Waals surface area contributed by atoms with Gasteiger partial charge < -0.3 is 10.4 Å². The fourth-order valence-corrected chi connectivity index (χ4v) is 2.93. The van der Waals surface area contributed by atoms with Crippen molar-refractivity contribution >= 4 is 5.91 Å². The summed E-state index contributed by atoms with van der Waals surface area (Å²) in [6, 6.07) is 9.50. The highest BCUT2D eigenvalue weighted by Gasteiger charge is 2.16. The molecule has 0 aliphatic rings. The van der Waals surface area contributed by atoms with E-state index in [1.165, 1.54) is 0 Å². The molecule has 1 aromatic heterocycles. The van der Waals surface area contributed by atoms with Gasteiger partial charge in [-0.15, -0.1) is 0 Å². The molecule has 2 N–H and O–H groups in total. The van der Waals surface area contributed by atoms with E-state index in [1.807, 2.05) is 48.9 Å². The van der Waals surface area contributed by atoms with E-state index >= 15 is 0 Å². The molecule has 0 saturated carbocycles. The molecule has 1 aromatic carbocycles. The van der Waals surface area contributed by atoms with Crippen molar-refractivity contribution in [2.75, 3.05) is 6.54 Å². The first-order valence-corrected chi connectivity index (χ1v) is 8.91. The number of amides is 1. The minimum atomic E-state index is -0.557. The van der Waals surface area contributed by atoms with Crippen LogP contribution in [0.15, 0.2) is 30.3 Å². The first-order valence-electron chi connectivity index (χ1n) is 8.91. The fourth-order valence-electron chi connectivity index (χ4n) is 2.93. The van der Waals surface area contributed by atoms with Gasteiger partial charge in [-0.2, -0.15) is 5.10 Å². The molecule has 0 aliphatic heterocycles. The van der Waals surface area contributed by atoms with E-state index in [0.29, 0.717) is 25.3 Å². The number of aliphatic hydroxyl groups excluding tert-OH is 1. The molecule has 0 radical (unpaired) electrons. The maximum atomic E-state index is 12.2. The smallest absolute Gasteiger partial charge is 0.224 e. The van der Waals surface area contributed by atoms with Crippen LogP contribution in [0.4, 0.5) is 0 Å². The maximum absolute atomic E-state index is 12.2. The Kier molecular flexibility index (Phi) is 6.76. The molecule has 5 nitrogen and oxygen atoms in total. The SMILES string of the molecule is Cc1nn(CC(C)C)c(C)c1CC(=O)NCCC(O)c1ccccc1. The number of nitrogens with one attached hydrogen (secondary N) is 1. The van der Waals surface area contributed by atoms with E-state index in [0.717, 1.165) is 29.1 Å². The van der Waals surface area contributed by atoms with Crippen molar-refractivity contribution < 1.29 is 9.90 Å². The zero-order valence-electron chi connectivity index (χ0n) is 15.6. The first-order chi connectivity index (χ1) is 11.9. The van der Waals surface area contributed by atoms with E-state index < -0.39 is 6.10 Å². The largest absolute Gasteiger partial charge is 0.388 e. The van der Waals surface area contributed by atoms with Crippen molar-refractivity contribution in [2.24, 2.45) is 5.92 Å². The van der Waals surface area contributed by atoms with Crippen LogP contribution in [0.5, 0.6) is 0 Å². The number of aliphatic hydroxyl groups is 1. The third-order valence-electron chi connectivity index (χ3n) is 4.33. The lowest BCUT2D eigenvalue weighted by Crippen LogP contribution is -2.27. The van der Waals surface area contributed by atoms with Crippen LogP contribution in [-0.4, -0.2) is 27.3 Å².